The number of sulfonamides is 1. The Balaban J connectivity index is 4.46. The average Bonchev–Trinajstić information content (AvgIpc) is 2.23. The molecule has 0 aromatic heterocycles. The summed E-state index contributed by atoms with van der Waals surface area (Å²) in [6.07, 6.45) is 3.64. The van der Waals surface area contributed by atoms with Crippen molar-refractivity contribution < 1.29 is 18.3 Å². The van der Waals surface area contributed by atoms with Crippen molar-refractivity contribution in [2.45, 2.75) is 58.9 Å². The zero-order valence-corrected chi connectivity index (χ0v) is 12.3. The molecule has 1 unspecified atom stereocenters. The number of hydrogen-bond acceptors (Lipinski definition) is 3. The van der Waals surface area contributed by atoms with E-state index in [1.54, 1.807) is 0 Å². The lowest BCUT2D eigenvalue weighted by atomic mass is 10.1. The van der Waals surface area contributed by atoms with E-state index in [9.17, 15) is 13.2 Å². The molecule has 0 spiro atoms. The molecule has 0 fully saturated rings. The number of hydrogen-bond donors (Lipinski definition) is 2. The largest absolute Gasteiger partial charge is 0.480 e. The Labute approximate surface area is 110 Å². The van der Waals surface area contributed by atoms with Gasteiger partial charge >= 0.3 is 5.97 Å². The van der Waals surface area contributed by atoms with Gasteiger partial charge in [0.2, 0.25) is 10.0 Å². The van der Waals surface area contributed by atoms with Crippen LogP contribution in [0.2, 0.25) is 0 Å². The molecule has 0 aromatic rings. The minimum Gasteiger partial charge on any atom is -0.480 e. The molecule has 0 radical (unpaired) electrons. The van der Waals surface area contributed by atoms with Gasteiger partial charge in [0.15, 0.2) is 0 Å². The monoisotopic (exact) mass is 279 g/mol. The Bertz CT molecular complexity index is 340. The van der Waals surface area contributed by atoms with Crippen molar-refractivity contribution in [1.29, 1.82) is 0 Å². The van der Waals surface area contributed by atoms with Crippen LogP contribution in [0.25, 0.3) is 0 Å². The van der Waals surface area contributed by atoms with Gasteiger partial charge in [0.05, 0.1) is 5.75 Å². The molecule has 18 heavy (non-hydrogen) atoms. The van der Waals surface area contributed by atoms with E-state index in [-0.39, 0.29) is 11.7 Å². The van der Waals surface area contributed by atoms with Crippen LogP contribution in [0.3, 0.4) is 0 Å². The van der Waals surface area contributed by atoms with E-state index in [0.29, 0.717) is 12.8 Å². The van der Waals surface area contributed by atoms with Crippen LogP contribution in [0.4, 0.5) is 0 Å². The van der Waals surface area contributed by atoms with Crippen LogP contribution < -0.4 is 4.72 Å². The molecule has 0 bridgehead atoms. The van der Waals surface area contributed by atoms with E-state index in [0.717, 1.165) is 19.3 Å². The number of unbranched alkanes of at least 4 members (excludes halogenated alkanes) is 1. The molecule has 0 aliphatic carbocycles. The lowest BCUT2D eigenvalue weighted by Crippen LogP contribution is -2.42. The topological polar surface area (TPSA) is 83.5 Å². The quantitative estimate of drug-likeness (QED) is 0.640. The molecule has 2 N–H and O–H groups in total. The van der Waals surface area contributed by atoms with Crippen LogP contribution in [0.5, 0.6) is 0 Å². The third kappa shape index (κ3) is 7.66. The Morgan fingerprint density at radius 2 is 1.83 bits per heavy atom. The molecule has 0 amide bonds. The molecule has 0 saturated heterocycles. The van der Waals surface area contributed by atoms with E-state index in [1.165, 1.54) is 0 Å². The predicted molar refractivity (Wildman–Crippen MR) is 71.9 cm³/mol. The predicted octanol–water partition coefficient (Wildman–Crippen LogP) is 1.99. The number of aliphatic carboxylic acids is 1. The van der Waals surface area contributed by atoms with Crippen molar-refractivity contribution in [1.82, 2.24) is 4.72 Å². The lowest BCUT2D eigenvalue weighted by molar-refractivity contribution is -0.139. The Kier molecular flexibility index (Phi) is 8.18. The minimum absolute atomic E-state index is 0.00323. The van der Waals surface area contributed by atoms with Gasteiger partial charge in [-0.2, -0.15) is 0 Å². The highest BCUT2D eigenvalue weighted by molar-refractivity contribution is 7.89. The van der Waals surface area contributed by atoms with Gasteiger partial charge in [0.1, 0.15) is 6.04 Å². The van der Waals surface area contributed by atoms with Crippen LogP contribution in [0.15, 0.2) is 0 Å². The first-order chi connectivity index (χ1) is 8.32. The van der Waals surface area contributed by atoms with Gasteiger partial charge in [-0.3, -0.25) is 4.79 Å². The maximum absolute atomic E-state index is 11.8. The van der Waals surface area contributed by atoms with Crippen LogP contribution in [-0.4, -0.2) is 31.3 Å². The van der Waals surface area contributed by atoms with Crippen molar-refractivity contribution in [3.63, 3.8) is 0 Å². The number of carboxylic acids is 1. The van der Waals surface area contributed by atoms with Gasteiger partial charge in [0.25, 0.3) is 0 Å². The summed E-state index contributed by atoms with van der Waals surface area (Å²) in [6.45, 7) is 5.80. The van der Waals surface area contributed by atoms with Crippen LogP contribution >= 0.6 is 0 Å². The summed E-state index contributed by atoms with van der Waals surface area (Å²) < 4.78 is 25.9. The summed E-state index contributed by atoms with van der Waals surface area (Å²) in [4.78, 5) is 11.0. The fourth-order valence-electron chi connectivity index (χ4n) is 1.86. The van der Waals surface area contributed by atoms with Gasteiger partial charge in [-0.15, -0.1) is 0 Å². The number of carboxylic acid groups (broad SMARTS) is 1. The second-order valence-corrected chi connectivity index (χ2v) is 6.62. The summed E-state index contributed by atoms with van der Waals surface area (Å²) in [5, 5.41) is 8.97. The molecule has 0 aliphatic heterocycles. The van der Waals surface area contributed by atoms with Crippen LogP contribution in [0, 0.1) is 5.92 Å². The lowest BCUT2D eigenvalue weighted by Gasteiger charge is -2.16. The summed E-state index contributed by atoms with van der Waals surface area (Å²) in [5.41, 5.74) is 0. The molecule has 2 atom stereocenters. The van der Waals surface area contributed by atoms with Gasteiger partial charge in [-0.1, -0.05) is 40.0 Å². The van der Waals surface area contributed by atoms with E-state index < -0.39 is 22.0 Å². The smallest absolute Gasteiger partial charge is 0.321 e. The second kappa shape index (κ2) is 8.48. The van der Waals surface area contributed by atoms with Crippen molar-refractivity contribution >= 4 is 16.0 Å². The molecular formula is C12H25NO4S. The average molecular weight is 279 g/mol. The Morgan fingerprint density at radius 1 is 1.22 bits per heavy atom. The third-order valence-corrected chi connectivity index (χ3v) is 4.40. The van der Waals surface area contributed by atoms with E-state index in [4.69, 9.17) is 5.11 Å². The highest BCUT2D eigenvalue weighted by Crippen LogP contribution is 2.09. The van der Waals surface area contributed by atoms with Crippen LogP contribution in [-0.2, 0) is 14.8 Å². The number of carbonyl (C=O) groups is 1. The molecule has 0 rings (SSSR count). The zero-order valence-electron chi connectivity index (χ0n) is 11.5. The molecule has 0 aliphatic rings. The highest BCUT2D eigenvalue weighted by Gasteiger charge is 2.24. The summed E-state index contributed by atoms with van der Waals surface area (Å²) in [7, 11) is -3.51. The first-order valence-corrected chi connectivity index (χ1v) is 8.20. The van der Waals surface area contributed by atoms with Crippen LogP contribution in [0.1, 0.15) is 52.9 Å². The third-order valence-electron chi connectivity index (χ3n) is 2.75. The fourth-order valence-corrected chi connectivity index (χ4v) is 3.52. The first kappa shape index (κ1) is 17.4. The molecule has 0 heterocycles. The summed E-state index contributed by atoms with van der Waals surface area (Å²) >= 11 is 0. The molecule has 6 heteroatoms. The van der Waals surface area contributed by atoms with Crippen molar-refractivity contribution in [2.24, 2.45) is 5.92 Å². The van der Waals surface area contributed by atoms with E-state index in [2.05, 4.69) is 4.72 Å². The summed E-state index contributed by atoms with van der Waals surface area (Å²) in [5.74, 6) is -1.06. The fraction of sp³-hybridized carbons (Fsp3) is 0.917. The number of nitrogens with one attached hydrogen (secondary N) is 1. The summed E-state index contributed by atoms with van der Waals surface area (Å²) in [6, 6.07) is -0.997. The van der Waals surface area contributed by atoms with Crippen molar-refractivity contribution in [3.05, 3.63) is 0 Å². The Hall–Kier alpha value is -0.620. The van der Waals surface area contributed by atoms with E-state index >= 15 is 0 Å². The SMILES string of the molecule is CCCC[C@H](NS(=O)(=O)CC(C)CCC)C(=O)O. The van der Waals surface area contributed by atoms with Crippen molar-refractivity contribution in [3.8, 4) is 0 Å². The first-order valence-electron chi connectivity index (χ1n) is 6.55. The Morgan fingerprint density at radius 3 is 2.28 bits per heavy atom. The van der Waals surface area contributed by atoms with Gasteiger partial charge < -0.3 is 5.11 Å². The molecule has 108 valence electrons. The van der Waals surface area contributed by atoms with Gasteiger partial charge in [-0.05, 0) is 18.8 Å². The standard InChI is InChI=1S/C12H25NO4S/c1-4-6-8-11(12(14)15)13-18(16,17)9-10(3)7-5-2/h10-11,13H,4-9H2,1-3H3,(H,14,15)/t10?,11-/m0/s1. The molecule has 5 nitrogen and oxygen atoms in total. The molecule has 0 aromatic carbocycles. The number of rotatable bonds is 10. The maximum Gasteiger partial charge on any atom is 0.321 e. The maximum atomic E-state index is 11.8. The normalized spacial score (nSPS) is 15.3. The molecule has 0 saturated carbocycles. The second-order valence-electron chi connectivity index (χ2n) is 4.83. The minimum atomic E-state index is -3.51. The van der Waals surface area contributed by atoms with Gasteiger partial charge in [-0.25, -0.2) is 13.1 Å². The molecular weight excluding hydrogens is 254 g/mol. The highest BCUT2D eigenvalue weighted by atomic mass is 32.2. The van der Waals surface area contributed by atoms with E-state index in [1.807, 2.05) is 20.8 Å². The zero-order chi connectivity index (χ0) is 14.2. The van der Waals surface area contributed by atoms with Crippen molar-refractivity contribution in [2.75, 3.05) is 5.75 Å². The van der Waals surface area contributed by atoms with Gasteiger partial charge in [0, 0.05) is 0 Å².